The van der Waals surface area contributed by atoms with Crippen molar-refractivity contribution in [1.82, 2.24) is 4.90 Å². The molecule has 3 nitrogen and oxygen atoms in total. The Hall–Kier alpha value is -1.49. The molecule has 0 radical (unpaired) electrons. The standard InChI is InChI=1S/C13H17FN2OS/c1-10(17)16(9-7-13(15)18)8-6-11-2-4-12(14)5-3-11/h2-5H,6-9H2,1H3,(H2,15,18). The zero-order valence-electron chi connectivity index (χ0n) is 10.4. The summed E-state index contributed by atoms with van der Waals surface area (Å²) in [7, 11) is 0. The second-order valence-corrected chi connectivity index (χ2v) is 4.62. The molecule has 0 saturated heterocycles. The molecule has 0 fully saturated rings. The molecule has 18 heavy (non-hydrogen) atoms. The highest BCUT2D eigenvalue weighted by molar-refractivity contribution is 7.80. The van der Waals surface area contributed by atoms with E-state index in [1.807, 2.05) is 0 Å². The molecule has 0 aliphatic heterocycles. The zero-order chi connectivity index (χ0) is 13.5. The molecule has 1 rings (SSSR count). The quantitative estimate of drug-likeness (QED) is 0.801. The molecule has 0 spiro atoms. The summed E-state index contributed by atoms with van der Waals surface area (Å²) in [6.07, 6.45) is 1.22. The molecule has 98 valence electrons. The van der Waals surface area contributed by atoms with Gasteiger partial charge >= 0.3 is 0 Å². The van der Waals surface area contributed by atoms with Gasteiger partial charge in [-0.3, -0.25) is 4.79 Å². The van der Waals surface area contributed by atoms with Gasteiger partial charge in [-0.1, -0.05) is 24.4 Å². The van der Waals surface area contributed by atoms with Gasteiger partial charge in [-0.25, -0.2) is 4.39 Å². The number of amides is 1. The van der Waals surface area contributed by atoms with Crippen molar-refractivity contribution >= 4 is 23.1 Å². The Morgan fingerprint density at radius 3 is 2.44 bits per heavy atom. The highest BCUT2D eigenvalue weighted by atomic mass is 32.1. The third-order valence-electron chi connectivity index (χ3n) is 2.66. The van der Waals surface area contributed by atoms with Crippen molar-refractivity contribution in [3.8, 4) is 0 Å². The van der Waals surface area contributed by atoms with Crippen LogP contribution in [-0.4, -0.2) is 28.9 Å². The van der Waals surface area contributed by atoms with Crippen LogP contribution in [0.5, 0.6) is 0 Å². The van der Waals surface area contributed by atoms with E-state index in [9.17, 15) is 9.18 Å². The van der Waals surface area contributed by atoms with Crippen molar-refractivity contribution in [2.24, 2.45) is 5.73 Å². The predicted octanol–water partition coefficient (Wildman–Crippen LogP) is 1.89. The van der Waals surface area contributed by atoms with E-state index in [-0.39, 0.29) is 11.7 Å². The molecule has 0 aliphatic rings. The van der Waals surface area contributed by atoms with E-state index in [1.54, 1.807) is 17.0 Å². The van der Waals surface area contributed by atoms with Gasteiger partial charge in [0.05, 0.1) is 4.99 Å². The summed E-state index contributed by atoms with van der Waals surface area (Å²) in [6, 6.07) is 6.29. The van der Waals surface area contributed by atoms with Crippen LogP contribution in [0.25, 0.3) is 0 Å². The van der Waals surface area contributed by atoms with Crippen LogP contribution in [0, 0.1) is 5.82 Å². The maximum absolute atomic E-state index is 12.7. The van der Waals surface area contributed by atoms with E-state index in [4.69, 9.17) is 18.0 Å². The van der Waals surface area contributed by atoms with Crippen LogP contribution < -0.4 is 5.73 Å². The number of benzene rings is 1. The van der Waals surface area contributed by atoms with Gasteiger partial charge in [-0.05, 0) is 24.1 Å². The first-order valence-electron chi connectivity index (χ1n) is 5.77. The Morgan fingerprint density at radius 2 is 1.94 bits per heavy atom. The molecule has 0 saturated carbocycles. The fourth-order valence-corrected chi connectivity index (χ4v) is 1.68. The predicted molar refractivity (Wildman–Crippen MR) is 73.8 cm³/mol. The molecule has 0 aliphatic carbocycles. The van der Waals surface area contributed by atoms with E-state index < -0.39 is 0 Å². The molecular formula is C13H17FN2OS. The van der Waals surface area contributed by atoms with Crippen molar-refractivity contribution in [3.63, 3.8) is 0 Å². The minimum Gasteiger partial charge on any atom is -0.393 e. The van der Waals surface area contributed by atoms with Crippen LogP contribution in [0.4, 0.5) is 4.39 Å². The summed E-state index contributed by atoms with van der Waals surface area (Å²) in [5.41, 5.74) is 6.41. The van der Waals surface area contributed by atoms with E-state index in [1.165, 1.54) is 19.1 Å². The van der Waals surface area contributed by atoms with Crippen molar-refractivity contribution in [1.29, 1.82) is 0 Å². The monoisotopic (exact) mass is 268 g/mol. The summed E-state index contributed by atoms with van der Waals surface area (Å²) >= 11 is 4.79. The third-order valence-corrected chi connectivity index (χ3v) is 2.86. The fourth-order valence-electron chi connectivity index (χ4n) is 1.59. The van der Waals surface area contributed by atoms with Crippen LogP contribution in [0.3, 0.4) is 0 Å². The summed E-state index contributed by atoms with van der Waals surface area (Å²) in [5, 5.41) is 0. The molecule has 2 N–H and O–H groups in total. The molecule has 1 aromatic rings. The zero-order valence-corrected chi connectivity index (χ0v) is 11.2. The van der Waals surface area contributed by atoms with Gasteiger partial charge < -0.3 is 10.6 Å². The minimum absolute atomic E-state index is 0.00615. The largest absolute Gasteiger partial charge is 0.393 e. The molecule has 1 aromatic carbocycles. The van der Waals surface area contributed by atoms with Gasteiger partial charge in [-0.15, -0.1) is 0 Å². The summed E-state index contributed by atoms with van der Waals surface area (Å²) in [4.78, 5) is 13.5. The molecule has 1 amide bonds. The van der Waals surface area contributed by atoms with Gasteiger partial charge in [0.15, 0.2) is 0 Å². The first kappa shape index (κ1) is 14.6. The van der Waals surface area contributed by atoms with Gasteiger partial charge in [0.1, 0.15) is 5.82 Å². The van der Waals surface area contributed by atoms with Gasteiger partial charge in [-0.2, -0.15) is 0 Å². The summed E-state index contributed by atoms with van der Waals surface area (Å²) in [6.45, 7) is 2.64. The molecule has 0 atom stereocenters. The molecular weight excluding hydrogens is 251 g/mol. The summed E-state index contributed by atoms with van der Waals surface area (Å²) < 4.78 is 12.7. The second kappa shape index (κ2) is 7.06. The highest BCUT2D eigenvalue weighted by Crippen LogP contribution is 2.05. The van der Waals surface area contributed by atoms with Crippen LogP contribution in [0.15, 0.2) is 24.3 Å². The first-order valence-corrected chi connectivity index (χ1v) is 6.18. The molecule has 0 heterocycles. The lowest BCUT2D eigenvalue weighted by molar-refractivity contribution is -0.128. The number of carbonyl (C=O) groups is 1. The number of rotatable bonds is 6. The van der Waals surface area contributed by atoms with Crippen LogP contribution in [0.1, 0.15) is 18.9 Å². The number of nitrogens with two attached hydrogens (primary N) is 1. The lowest BCUT2D eigenvalue weighted by Gasteiger charge is -2.20. The maximum Gasteiger partial charge on any atom is 0.219 e. The topological polar surface area (TPSA) is 46.3 Å². The van der Waals surface area contributed by atoms with Crippen molar-refractivity contribution in [2.75, 3.05) is 13.1 Å². The lowest BCUT2D eigenvalue weighted by Crippen LogP contribution is -2.33. The number of nitrogens with zero attached hydrogens (tertiary/aromatic N) is 1. The molecule has 0 aromatic heterocycles. The normalized spacial score (nSPS) is 10.1. The van der Waals surface area contributed by atoms with E-state index >= 15 is 0 Å². The number of hydrogen-bond donors (Lipinski definition) is 1. The summed E-state index contributed by atoms with van der Waals surface area (Å²) in [5.74, 6) is -0.260. The fraction of sp³-hybridized carbons (Fsp3) is 0.385. The van der Waals surface area contributed by atoms with Crippen LogP contribution >= 0.6 is 12.2 Å². The second-order valence-electron chi connectivity index (χ2n) is 4.10. The SMILES string of the molecule is CC(=O)N(CCC(N)=S)CCc1ccc(F)cc1. The van der Waals surface area contributed by atoms with Gasteiger partial charge in [0, 0.05) is 26.4 Å². The van der Waals surface area contributed by atoms with E-state index in [2.05, 4.69) is 0 Å². The molecule has 0 bridgehead atoms. The van der Waals surface area contributed by atoms with Crippen molar-refractivity contribution in [2.45, 2.75) is 19.8 Å². The number of hydrogen-bond acceptors (Lipinski definition) is 2. The first-order chi connectivity index (χ1) is 8.49. The highest BCUT2D eigenvalue weighted by Gasteiger charge is 2.08. The number of thiocarbonyl (C=S) groups is 1. The van der Waals surface area contributed by atoms with Crippen molar-refractivity contribution in [3.05, 3.63) is 35.6 Å². The Bertz CT molecular complexity index is 420. The van der Waals surface area contributed by atoms with E-state index in [0.29, 0.717) is 30.9 Å². The van der Waals surface area contributed by atoms with Crippen molar-refractivity contribution < 1.29 is 9.18 Å². The average molecular weight is 268 g/mol. The minimum atomic E-state index is -0.254. The van der Waals surface area contributed by atoms with Gasteiger partial charge in [0.25, 0.3) is 0 Å². The Kier molecular flexibility index (Phi) is 5.71. The van der Waals surface area contributed by atoms with Crippen LogP contribution in [0.2, 0.25) is 0 Å². The van der Waals surface area contributed by atoms with E-state index in [0.717, 1.165) is 5.56 Å². The maximum atomic E-state index is 12.7. The Morgan fingerprint density at radius 1 is 1.33 bits per heavy atom. The smallest absolute Gasteiger partial charge is 0.219 e. The Balaban J connectivity index is 2.49. The number of carbonyl (C=O) groups excluding carboxylic acids is 1. The number of halogens is 1. The third kappa shape index (κ3) is 5.23. The van der Waals surface area contributed by atoms with Crippen LogP contribution in [-0.2, 0) is 11.2 Å². The average Bonchev–Trinajstić information content (AvgIpc) is 2.30. The van der Waals surface area contributed by atoms with Gasteiger partial charge in [0.2, 0.25) is 5.91 Å². The Labute approximate surface area is 112 Å². The lowest BCUT2D eigenvalue weighted by atomic mass is 10.1. The molecule has 5 heteroatoms. The molecule has 0 unspecified atom stereocenters.